The van der Waals surface area contributed by atoms with Crippen LogP contribution < -0.4 is 4.90 Å². The molecule has 2 heterocycles. The number of aryl methyl sites for hydroxylation is 1. The summed E-state index contributed by atoms with van der Waals surface area (Å²) < 4.78 is 1.11. The van der Waals surface area contributed by atoms with Crippen LogP contribution in [0.1, 0.15) is 12.0 Å². The summed E-state index contributed by atoms with van der Waals surface area (Å²) in [5, 5.41) is 0.762. The Morgan fingerprint density at radius 1 is 1.56 bits per heavy atom. The molecule has 3 rings (SSSR count). The molecule has 0 saturated carbocycles. The van der Waals surface area contributed by atoms with Crippen LogP contribution in [0.2, 0.25) is 0 Å². The van der Waals surface area contributed by atoms with E-state index in [9.17, 15) is 4.79 Å². The van der Waals surface area contributed by atoms with Crippen LogP contribution in [0.25, 0.3) is 10.2 Å². The maximum absolute atomic E-state index is 11.9. The third-order valence-corrected chi connectivity index (χ3v) is 4.17. The zero-order chi connectivity index (χ0) is 12.7. The van der Waals surface area contributed by atoms with Gasteiger partial charge >= 0.3 is 0 Å². The van der Waals surface area contributed by atoms with Crippen LogP contribution in [0.5, 0.6) is 0 Å². The van der Waals surface area contributed by atoms with Gasteiger partial charge in [-0.25, -0.2) is 4.98 Å². The largest absolute Gasteiger partial charge is 0.287 e. The van der Waals surface area contributed by atoms with Crippen LogP contribution in [-0.2, 0) is 4.79 Å². The van der Waals surface area contributed by atoms with Crippen LogP contribution in [0.3, 0.4) is 0 Å². The lowest BCUT2D eigenvalue weighted by Gasteiger charge is -2.10. The Bertz CT molecular complexity index is 668. The van der Waals surface area contributed by atoms with Crippen molar-refractivity contribution in [2.75, 3.05) is 11.4 Å². The fourth-order valence-corrected chi connectivity index (χ4v) is 3.23. The number of hydrogen-bond donors (Lipinski definition) is 0. The van der Waals surface area contributed by atoms with E-state index in [2.05, 4.69) is 17.0 Å². The molecule has 1 aliphatic heterocycles. The van der Waals surface area contributed by atoms with E-state index in [1.54, 1.807) is 16.2 Å². The van der Waals surface area contributed by atoms with Gasteiger partial charge in [0.15, 0.2) is 5.13 Å². The van der Waals surface area contributed by atoms with Crippen molar-refractivity contribution in [2.45, 2.75) is 13.3 Å². The molecule has 1 unspecified atom stereocenters. The summed E-state index contributed by atoms with van der Waals surface area (Å²) in [5.41, 5.74) is 2.14. The van der Waals surface area contributed by atoms with Crippen molar-refractivity contribution in [3.63, 3.8) is 0 Å². The van der Waals surface area contributed by atoms with Gasteiger partial charge in [-0.05, 0) is 24.6 Å². The lowest BCUT2D eigenvalue weighted by molar-refractivity contribution is -0.117. The van der Waals surface area contributed by atoms with E-state index < -0.39 is 0 Å². The summed E-state index contributed by atoms with van der Waals surface area (Å²) in [6.45, 7) is 2.64. The Labute approximate surface area is 109 Å². The highest BCUT2D eigenvalue weighted by Crippen LogP contribution is 2.32. The van der Waals surface area contributed by atoms with Gasteiger partial charge in [-0.15, -0.1) is 12.3 Å². The first-order chi connectivity index (χ1) is 8.67. The smallest absolute Gasteiger partial charge is 0.230 e. The maximum Gasteiger partial charge on any atom is 0.230 e. The van der Waals surface area contributed by atoms with Crippen molar-refractivity contribution in [3.05, 3.63) is 23.8 Å². The van der Waals surface area contributed by atoms with Gasteiger partial charge in [0.05, 0.1) is 10.2 Å². The van der Waals surface area contributed by atoms with Crippen LogP contribution in [0.15, 0.2) is 18.2 Å². The fourth-order valence-electron chi connectivity index (χ4n) is 2.14. The molecular weight excluding hydrogens is 244 g/mol. The minimum absolute atomic E-state index is 0.0197. The van der Waals surface area contributed by atoms with Gasteiger partial charge in [-0.1, -0.05) is 17.4 Å². The zero-order valence-corrected chi connectivity index (χ0v) is 10.8. The monoisotopic (exact) mass is 256 g/mol. The quantitative estimate of drug-likeness (QED) is 0.735. The number of anilines is 1. The molecule has 0 N–H and O–H groups in total. The molecule has 1 fully saturated rings. The van der Waals surface area contributed by atoms with Gasteiger partial charge in [-0.3, -0.25) is 9.69 Å². The molecule has 1 aromatic heterocycles. The van der Waals surface area contributed by atoms with E-state index in [0.29, 0.717) is 13.0 Å². The van der Waals surface area contributed by atoms with Gasteiger partial charge in [-0.2, -0.15) is 0 Å². The maximum atomic E-state index is 11.9. The van der Waals surface area contributed by atoms with Crippen molar-refractivity contribution in [1.29, 1.82) is 0 Å². The minimum Gasteiger partial charge on any atom is -0.287 e. The molecule has 2 aromatic rings. The standard InChI is InChI=1S/C14H12N2OS/c1-3-10-7-13(17)16(8-10)14-15-11-5-4-9(2)6-12(11)18-14/h1,4-6,10H,7-8H2,2H3. The number of benzene rings is 1. The number of carbonyl (C=O) groups excluding carboxylic acids is 1. The van der Waals surface area contributed by atoms with Crippen molar-refractivity contribution < 1.29 is 4.79 Å². The average molecular weight is 256 g/mol. The summed E-state index contributed by atoms with van der Waals surface area (Å²) in [7, 11) is 0. The highest BCUT2D eigenvalue weighted by atomic mass is 32.1. The van der Waals surface area contributed by atoms with Gasteiger partial charge in [0, 0.05) is 18.9 Å². The molecule has 0 radical (unpaired) electrons. The first kappa shape index (κ1) is 11.2. The minimum atomic E-state index is 0.0197. The third-order valence-electron chi connectivity index (χ3n) is 3.12. The first-order valence-corrected chi connectivity index (χ1v) is 6.62. The highest BCUT2D eigenvalue weighted by Gasteiger charge is 2.31. The number of terminal acetylenes is 1. The molecule has 0 bridgehead atoms. The molecule has 1 atom stereocenters. The van der Waals surface area contributed by atoms with Crippen molar-refractivity contribution in [1.82, 2.24) is 4.98 Å². The molecular formula is C14H12N2OS. The van der Waals surface area contributed by atoms with E-state index in [1.165, 1.54) is 5.56 Å². The van der Waals surface area contributed by atoms with E-state index >= 15 is 0 Å². The topological polar surface area (TPSA) is 33.2 Å². The molecule has 1 amide bonds. The molecule has 3 nitrogen and oxygen atoms in total. The molecule has 1 aromatic carbocycles. The van der Waals surface area contributed by atoms with Crippen molar-refractivity contribution in [2.24, 2.45) is 5.92 Å². The molecule has 90 valence electrons. The third kappa shape index (κ3) is 1.77. The number of rotatable bonds is 1. The van der Waals surface area contributed by atoms with Gasteiger partial charge < -0.3 is 0 Å². The highest BCUT2D eigenvalue weighted by molar-refractivity contribution is 7.22. The Kier molecular flexibility index (Phi) is 2.57. The number of amides is 1. The summed E-state index contributed by atoms with van der Waals surface area (Å²) in [5.74, 6) is 2.75. The van der Waals surface area contributed by atoms with E-state index in [-0.39, 0.29) is 11.8 Å². The second kappa shape index (κ2) is 4.11. The Hall–Kier alpha value is -1.86. The Balaban J connectivity index is 2.00. The average Bonchev–Trinajstić information content (AvgIpc) is 2.91. The zero-order valence-electron chi connectivity index (χ0n) is 10.0. The summed E-state index contributed by atoms with van der Waals surface area (Å²) in [6, 6.07) is 6.11. The molecule has 0 aliphatic carbocycles. The van der Waals surface area contributed by atoms with Crippen LogP contribution >= 0.6 is 11.3 Å². The van der Waals surface area contributed by atoms with Gasteiger partial charge in [0.2, 0.25) is 5.91 Å². The number of nitrogens with zero attached hydrogens (tertiary/aromatic N) is 2. The second-order valence-corrected chi connectivity index (χ2v) is 5.55. The molecule has 1 aliphatic rings. The number of fused-ring (bicyclic) bond motifs is 1. The van der Waals surface area contributed by atoms with Crippen molar-refractivity contribution in [3.8, 4) is 12.3 Å². The van der Waals surface area contributed by atoms with E-state index in [0.717, 1.165) is 15.3 Å². The second-order valence-electron chi connectivity index (χ2n) is 4.54. The lowest BCUT2D eigenvalue weighted by atomic mass is 10.1. The normalized spacial score (nSPS) is 19.4. The van der Waals surface area contributed by atoms with E-state index in [4.69, 9.17) is 6.42 Å². The number of hydrogen-bond acceptors (Lipinski definition) is 3. The summed E-state index contributed by atoms with van der Waals surface area (Å²) in [4.78, 5) is 18.1. The SMILES string of the molecule is C#CC1CC(=O)N(c2nc3ccc(C)cc3s2)C1. The van der Waals surface area contributed by atoms with Gasteiger partial charge in [0.25, 0.3) is 0 Å². The Morgan fingerprint density at radius 3 is 3.11 bits per heavy atom. The predicted molar refractivity (Wildman–Crippen MR) is 73.7 cm³/mol. The molecule has 0 spiro atoms. The number of carbonyl (C=O) groups is 1. The van der Waals surface area contributed by atoms with Crippen LogP contribution in [0, 0.1) is 25.2 Å². The predicted octanol–water partition coefficient (Wildman–Crippen LogP) is 2.59. The lowest BCUT2D eigenvalue weighted by Crippen LogP contribution is -2.24. The summed E-state index contributed by atoms with van der Waals surface area (Å²) >= 11 is 1.55. The van der Waals surface area contributed by atoms with E-state index in [1.807, 2.05) is 19.1 Å². The fraction of sp³-hybridized carbons (Fsp3) is 0.286. The molecule has 1 saturated heterocycles. The van der Waals surface area contributed by atoms with Crippen molar-refractivity contribution >= 4 is 32.6 Å². The van der Waals surface area contributed by atoms with Crippen LogP contribution in [-0.4, -0.2) is 17.4 Å². The van der Waals surface area contributed by atoms with Gasteiger partial charge in [0.1, 0.15) is 0 Å². The van der Waals surface area contributed by atoms with Crippen LogP contribution in [0.4, 0.5) is 5.13 Å². The Morgan fingerprint density at radius 2 is 2.39 bits per heavy atom. The molecule has 4 heteroatoms. The summed E-state index contributed by atoms with van der Waals surface area (Å²) in [6.07, 6.45) is 5.82. The number of aromatic nitrogens is 1. The molecule has 18 heavy (non-hydrogen) atoms. The first-order valence-electron chi connectivity index (χ1n) is 5.81. The number of thiazole rings is 1.